The summed E-state index contributed by atoms with van der Waals surface area (Å²) in [5, 5.41) is 6.85. The van der Waals surface area contributed by atoms with Crippen molar-refractivity contribution < 1.29 is 51.3 Å². The summed E-state index contributed by atoms with van der Waals surface area (Å²) in [6, 6.07) is 10.0. The molecule has 3 N–H and O–H groups in total. The van der Waals surface area contributed by atoms with E-state index in [0.29, 0.717) is 5.52 Å². The van der Waals surface area contributed by atoms with Gasteiger partial charge in [0.1, 0.15) is 42.5 Å². The first-order valence-electron chi connectivity index (χ1n) is 16.7. The predicted molar refractivity (Wildman–Crippen MR) is 176 cm³/mol. The molecule has 3 heterocycles. The largest absolute Gasteiger partial charge is 0.461 e. The van der Waals surface area contributed by atoms with Gasteiger partial charge in [-0.15, -0.1) is 0 Å². The fourth-order valence-electron chi connectivity index (χ4n) is 5.93. The number of carbonyl (C=O) groups excluding carboxylic acids is 3. The van der Waals surface area contributed by atoms with Gasteiger partial charge in [-0.1, -0.05) is 38.5 Å². The number of alkyl halides is 1. The average molecular weight is 720 g/mol. The van der Waals surface area contributed by atoms with Crippen LogP contribution >= 0.6 is 7.75 Å². The molecule has 1 saturated heterocycles. The third kappa shape index (κ3) is 8.43. The van der Waals surface area contributed by atoms with Crippen molar-refractivity contribution >= 4 is 37.0 Å². The summed E-state index contributed by atoms with van der Waals surface area (Å²) in [4.78, 5) is 42.6. The molecule has 50 heavy (non-hydrogen) atoms. The third-order valence-corrected chi connectivity index (χ3v) is 10.2. The quantitative estimate of drug-likeness (QED) is 0.124. The van der Waals surface area contributed by atoms with Crippen LogP contribution in [0, 0.1) is 0 Å². The zero-order chi connectivity index (χ0) is 35.9. The number of benzene rings is 1. The zero-order valence-electron chi connectivity index (χ0n) is 28.2. The maximum atomic E-state index is 15.6. The minimum atomic E-state index is -4.55. The number of aromatic nitrogens is 3. The maximum absolute atomic E-state index is 15.6. The number of nitrogens with two attached hydrogens (primary N) is 1. The molecule has 15 nitrogen and oxygen atoms in total. The lowest BCUT2D eigenvalue weighted by Gasteiger charge is -2.33. The van der Waals surface area contributed by atoms with Crippen molar-refractivity contribution in [3.05, 3.63) is 54.5 Å². The second-order valence-electron chi connectivity index (χ2n) is 12.2. The molecule has 2 unspecified atom stereocenters. The first-order valence-corrected chi connectivity index (χ1v) is 18.2. The highest BCUT2D eigenvalue weighted by Gasteiger charge is 2.61. The average Bonchev–Trinajstić information content (AvgIpc) is 3.68. The fraction of sp³-hybridized carbons (Fsp3) is 0.545. The third-order valence-electron chi connectivity index (χ3n) is 8.60. The van der Waals surface area contributed by atoms with Crippen LogP contribution in [-0.4, -0.2) is 75.7 Å². The van der Waals surface area contributed by atoms with Gasteiger partial charge in [0.2, 0.25) is 0 Å². The van der Waals surface area contributed by atoms with Gasteiger partial charge in [-0.3, -0.25) is 18.9 Å². The molecule has 17 heteroatoms. The van der Waals surface area contributed by atoms with E-state index in [1.807, 2.05) is 0 Å². The summed E-state index contributed by atoms with van der Waals surface area (Å²) in [5.41, 5.74) is 4.51. The fourth-order valence-corrected chi connectivity index (χ4v) is 7.47. The number of fused-ring (bicyclic) bond motifs is 1. The first-order chi connectivity index (χ1) is 24.0. The molecule has 1 saturated carbocycles. The van der Waals surface area contributed by atoms with E-state index >= 15 is 4.39 Å². The Bertz CT molecular complexity index is 1690. The Morgan fingerprint density at radius 3 is 2.44 bits per heavy atom. The van der Waals surface area contributed by atoms with Crippen LogP contribution in [0.5, 0.6) is 5.75 Å². The number of hydrogen-bond donors (Lipinski definition) is 2. The summed E-state index contributed by atoms with van der Waals surface area (Å²) in [7, 11) is -4.55. The summed E-state index contributed by atoms with van der Waals surface area (Å²) in [5.74, 6) is -1.84. The van der Waals surface area contributed by atoms with Gasteiger partial charge >= 0.3 is 25.7 Å². The Kier molecular flexibility index (Phi) is 12.1. The summed E-state index contributed by atoms with van der Waals surface area (Å²) >= 11 is 0. The number of hydrogen-bond acceptors (Lipinski definition) is 13. The molecule has 2 fully saturated rings. The Hall–Kier alpha value is -4.11. The predicted octanol–water partition coefficient (Wildman–Crippen LogP) is 4.79. The first kappa shape index (κ1) is 37.2. The second-order valence-corrected chi connectivity index (χ2v) is 13.9. The summed E-state index contributed by atoms with van der Waals surface area (Å²) in [6.45, 7) is 2.35. The molecule has 1 aliphatic carbocycles. The normalized spacial score (nSPS) is 24.3. The highest BCUT2D eigenvalue weighted by molar-refractivity contribution is 7.52. The number of anilines is 1. The Morgan fingerprint density at radius 1 is 1.06 bits per heavy atom. The highest BCUT2D eigenvalue weighted by atomic mass is 31.2. The topological polar surface area (TPSA) is 192 Å². The van der Waals surface area contributed by atoms with Crippen molar-refractivity contribution in [2.45, 2.75) is 102 Å². The van der Waals surface area contributed by atoms with Crippen LogP contribution in [0.1, 0.15) is 77.5 Å². The van der Waals surface area contributed by atoms with Crippen molar-refractivity contribution in [3.8, 4) is 5.75 Å². The van der Waals surface area contributed by atoms with E-state index < -0.39 is 68.9 Å². The molecule has 3 aromatic rings. The molecule has 2 aromatic heterocycles. The standard InChI is InChI=1S/C33H43FN5O10P/c1-4-26(40)46-29-28(24-16-17-25-31(35)36-20-37-39(24)25)48-33(18-34,30(29)47-27(41)5-2)19-44-50(43,49-23-14-10-7-11-15-23)38-21(3)32(42)45-22-12-8-6-9-13-22/h7,10-11,14-17,20-22,28-30H,4-6,8-9,12-13,18-19H2,1-3H3,(H,38,43)(H2,35,36,37)/t21?,28-,29-,30-,33+,50?/m0/s1. The minimum absolute atomic E-state index is 0.0559. The van der Waals surface area contributed by atoms with Crippen molar-refractivity contribution in [1.82, 2.24) is 19.7 Å². The molecule has 1 aromatic carbocycles. The number of para-hydroxylation sites is 1. The second kappa shape index (κ2) is 16.3. The maximum Gasteiger partial charge on any atom is 0.459 e. The van der Waals surface area contributed by atoms with E-state index in [-0.39, 0.29) is 36.2 Å². The summed E-state index contributed by atoms with van der Waals surface area (Å²) in [6.07, 6.45) is 0.882. The monoisotopic (exact) mass is 719 g/mol. The summed E-state index contributed by atoms with van der Waals surface area (Å²) < 4.78 is 66.6. The van der Waals surface area contributed by atoms with Crippen LogP contribution in [0.4, 0.5) is 10.2 Å². The van der Waals surface area contributed by atoms with E-state index in [4.69, 9.17) is 33.7 Å². The van der Waals surface area contributed by atoms with Gasteiger partial charge in [0, 0.05) is 12.8 Å². The number of nitrogen functional groups attached to an aromatic ring is 1. The molecule has 5 rings (SSSR count). The SMILES string of the molecule is CCC(=O)O[C@H]1[C@H](c2ccc3c(N)ncnn23)O[C@](CF)(COP(=O)(NC(C)C(=O)OC2CCCCC2)Oc2ccccc2)[C@H]1OC(=O)CC. The molecule has 0 amide bonds. The van der Waals surface area contributed by atoms with Gasteiger partial charge in [-0.2, -0.15) is 10.2 Å². The Morgan fingerprint density at radius 2 is 1.76 bits per heavy atom. The Labute approximate surface area is 288 Å². The van der Waals surface area contributed by atoms with Gasteiger partial charge in [0.15, 0.2) is 23.6 Å². The molecular weight excluding hydrogens is 676 g/mol. The van der Waals surface area contributed by atoms with E-state index in [2.05, 4.69) is 15.2 Å². The van der Waals surface area contributed by atoms with Gasteiger partial charge in [-0.05, 0) is 56.9 Å². The van der Waals surface area contributed by atoms with Gasteiger partial charge in [0.05, 0.1) is 12.3 Å². The number of ether oxygens (including phenoxy) is 4. The van der Waals surface area contributed by atoms with E-state index in [0.717, 1.165) is 32.1 Å². The zero-order valence-corrected chi connectivity index (χ0v) is 29.1. The van der Waals surface area contributed by atoms with Crippen molar-refractivity contribution in [1.29, 1.82) is 0 Å². The van der Waals surface area contributed by atoms with Gasteiger partial charge in [-0.25, -0.2) is 18.5 Å². The van der Waals surface area contributed by atoms with Crippen molar-refractivity contribution in [2.75, 3.05) is 19.0 Å². The van der Waals surface area contributed by atoms with Crippen LogP contribution < -0.4 is 15.3 Å². The van der Waals surface area contributed by atoms with E-state index in [9.17, 15) is 18.9 Å². The number of nitrogens with zero attached hydrogens (tertiary/aromatic N) is 3. The molecule has 1 aliphatic heterocycles. The number of halogens is 1. The molecule has 0 spiro atoms. The van der Waals surface area contributed by atoms with Crippen LogP contribution in [0.3, 0.4) is 0 Å². The number of rotatable bonds is 15. The van der Waals surface area contributed by atoms with Gasteiger partial charge < -0.3 is 29.2 Å². The smallest absolute Gasteiger partial charge is 0.459 e. The number of esters is 3. The molecule has 2 aliphatic rings. The minimum Gasteiger partial charge on any atom is -0.461 e. The molecule has 272 valence electrons. The lowest BCUT2D eigenvalue weighted by Crippen LogP contribution is -2.52. The van der Waals surface area contributed by atoms with Crippen LogP contribution in [0.2, 0.25) is 0 Å². The molecule has 0 bridgehead atoms. The van der Waals surface area contributed by atoms with Crippen LogP contribution in [0.15, 0.2) is 48.8 Å². The number of carbonyl (C=O) groups is 3. The van der Waals surface area contributed by atoms with Gasteiger partial charge in [0.25, 0.3) is 0 Å². The Balaban J connectivity index is 1.49. The lowest BCUT2D eigenvalue weighted by atomic mass is 9.95. The lowest BCUT2D eigenvalue weighted by molar-refractivity contribution is -0.174. The molecule has 0 radical (unpaired) electrons. The van der Waals surface area contributed by atoms with Crippen LogP contribution in [-0.2, 0) is 42.4 Å². The van der Waals surface area contributed by atoms with E-state index in [1.165, 1.54) is 36.8 Å². The highest BCUT2D eigenvalue weighted by Crippen LogP contribution is 2.50. The molecular formula is C33H43FN5O10P. The van der Waals surface area contributed by atoms with Crippen molar-refractivity contribution in [3.63, 3.8) is 0 Å². The van der Waals surface area contributed by atoms with E-state index in [1.54, 1.807) is 37.3 Å². The molecule has 6 atom stereocenters. The van der Waals surface area contributed by atoms with Crippen molar-refractivity contribution in [2.24, 2.45) is 0 Å². The number of nitrogens with one attached hydrogen (secondary N) is 1. The van der Waals surface area contributed by atoms with Crippen LogP contribution in [0.25, 0.3) is 5.52 Å².